The molecule has 2 bridgehead atoms. The summed E-state index contributed by atoms with van der Waals surface area (Å²) in [6, 6.07) is 0. The highest BCUT2D eigenvalue weighted by Gasteiger charge is 2.61. The second-order valence-electron chi connectivity index (χ2n) is 7.57. The summed E-state index contributed by atoms with van der Waals surface area (Å²) in [6.45, 7) is 14.7. The number of aliphatic hydroxyl groups excluding tert-OH is 1. The predicted molar refractivity (Wildman–Crippen MR) is 82.8 cm³/mol. The van der Waals surface area contributed by atoms with Crippen LogP contribution in [-0.2, 0) is 4.74 Å². The number of ether oxygens (including phenoxy) is 1. The van der Waals surface area contributed by atoms with E-state index in [0.29, 0.717) is 23.5 Å². The zero-order chi connectivity index (χ0) is 15.0. The van der Waals surface area contributed by atoms with E-state index in [1.54, 1.807) is 0 Å². The molecule has 0 unspecified atom stereocenters. The minimum absolute atomic E-state index is 0.298. The average molecular weight is 283 g/mol. The molecule has 0 heterocycles. The van der Waals surface area contributed by atoms with Gasteiger partial charge in [0.15, 0.2) is 0 Å². The molecule has 118 valence electrons. The van der Waals surface area contributed by atoms with Crippen LogP contribution in [0.1, 0.15) is 53.9 Å². The Morgan fingerprint density at radius 1 is 1.25 bits per heavy atom. The van der Waals surface area contributed by atoms with Crippen LogP contribution in [0.3, 0.4) is 0 Å². The fourth-order valence-corrected chi connectivity index (χ4v) is 4.44. The molecule has 2 aliphatic carbocycles. The summed E-state index contributed by atoms with van der Waals surface area (Å²) in [5, 5.41) is 10.2. The van der Waals surface area contributed by atoms with Crippen molar-refractivity contribution in [1.29, 1.82) is 0 Å². The van der Waals surface area contributed by atoms with Crippen LogP contribution in [0.4, 0.5) is 0 Å². The lowest BCUT2D eigenvalue weighted by molar-refractivity contribution is -0.0789. The van der Waals surface area contributed by atoms with E-state index in [4.69, 9.17) is 4.74 Å². The number of hydrogen-bond acceptors (Lipinski definition) is 3. The van der Waals surface area contributed by atoms with Crippen LogP contribution in [0.2, 0.25) is 0 Å². The summed E-state index contributed by atoms with van der Waals surface area (Å²) in [7, 11) is 0. The zero-order valence-corrected chi connectivity index (χ0v) is 14.0. The van der Waals surface area contributed by atoms with Crippen LogP contribution >= 0.6 is 0 Å². The summed E-state index contributed by atoms with van der Waals surface area (Å²) in [4.78, 5) is 2.25. The molecule has 3 nitrogen and oxygen atoms in total. The van der Waals surface area contributed by atoms with Gasteiger partial charge in [-0.15, -0.1) is 0 Å². The third-order valence-electron chi connectivity index (χ3n) is 6.57. The Morgan fingerprint density at radius 2 is 1.90 bits per heavy atom. The molecule has 0 saturated heterocycles. The van der Waals surface area contributed by atoms with Crippen molar-refractivity contribution in [2.45, 2.75) is 66.1 Å². The Labute approximate surface area is 124 Å². The molecule has 1 N–H and O–H groups in total. The van der Waals surface area contributed by atoms with Crippen LogP contribution in [0.25, 0.3) is 0 Å². The van der Waals surface area contributed by atoms with Crippen molar-refractivity contribution in [3.8, 4) is 0 Å². The maximum atomic E-state index is 10.2. The Bertz CT molecular complexity index is 327. The van der Waals surface area contributed by atoms with E-state index >= 15 is 0 Å². The van der Waals surface area contributed by atoms with Crippen LogP contribution in [0.15, 0.2) is 0 Å². The van der Waals surface area contributed by atoms with Gasteiger partial charge in [0, 0.05) is 6.54 Å². The van der Waals surface area contributed by atoms with Gasteiger partial charge in [0.2, 0.25) is 0 Å². The molecule has 3 heteroatoms. The van der Waals surface area contributed by atoms with Gasteiger partial charge in [-0.25, -0.2) is 0 Å². The SMILES string of the molecule is CCN(CC)C[C@@H](O)CO[C@@H]1C[C@H]2CC[C@@]1(C)C2(C)C. The number of nitrogens with zero attached hydrogens (tertiary/aromatic N) is 1. The number of rotatable bonds is 7. The lowest BCUT2D eigenvalue weighted by Crippen LogP contribution is -2.40. The van der Waals surface area contributed by atoms with Crippen molar-refractivity contribution < 1.29 is 9.84 Å². The third kappa shape index (κ3) is 2.65. The van der Waals surface area contributed by atoms with Crippen molar-refractivity contribution in [1.82, 2.24) is 4.90 Å². The van der Waals surface area contributed by atoms with Gasteiger partial charge in [-0.2, -0.15) is 0 Å². The molecule has 2 aliphatic rings. The smallest absolute Gasteiger partial charge is 0.0900 e. The first kappa shape index (κ1) is 16.3. The largest absolute Gasteiger partial charge is 0.389 e. The first-order chi connectivity index (χ1) is 9.35. The summed E-state index contributed by atoms with van der Waals surface area (Å²) in [5.41, 5.74) is 0.689. The molecule has 0 amide bonds. The van der Waals surface area contributed by atoms with E-state index < -0.39 is 0 Å². The summed E-state index contributed by atoms with van der Waals surface area (Å²) in [6.07, 6.45) is 3.79. The summed E-state index contributed by atoms with van der Waals surface area (Å²) >= 11 is 0. The maximum Gasteiger partial charge on any atom is 0.0900 e. The first-order valence-corrected chi connectivity index (χ1v) is 8.37. The van der Waals surface area contributed by atoms with Crippen molar-refractivity contribution in [2.24, 2.45) is 16.7 Å². The zero-order valence-electron chi connectivity index (χ0n) is 14.0. The second kappa shape index (κ2) is 5.94. The normalized spacial score (nSPS) is 36.8. The minimum Gasteiger partial charge on any atom is -0.389 e. The van der Waals surface area contributed by atoms with E-state index in [1.807, 2.05) is 0 Å². The van der Waals surface area contributed by atoms with E-state index in [1.165, 1.54) is 19.3 Å². The first-order valence-electron chi connectivity index (χ1n) is 8.37. The Kier molecular flexibility index (Phi) is 4.83. The highest BCUT2D eigenvalue weighted by molar-refractivity contribution is 5.11. The number of likely N-dealkylation sites (N-methyl/N-ethyl adjacent to an activating group) is 1. The van der Waals surface area contributed by atoms with Gasteiger partial charge in [-0.1, -0.05) is 34.6 Å². The van der Waals surface area contributed by atoms with Gasteiger partial charge in [-0.3, -0.25) is 0 Å². The van der Waals surface area contributed by atoms with Crippen LogP contribution in [-0.4, -0.2) is 48.5 Å². The number of aliphatic hydroxyl groups is 1. The molecule has 2 saturated carbocycles. The van der Waals surface area contributed by atoms with Gasteiger partial charge < -0.3 is 14.7 Å². The average Bonchev–Trinajstić information content (AvgIpc) is 2.75. The molecule has 0 aromatic carbocycles. The van der Waals surface area contributed by atoms with Gasteiger partial charge in [0.25, 0.3) is 0 Å². The van der Waals surface area contributed by atoms with Crippen molar-refractivity contribution in [3.05, 3.63) is 0 Å². The Morgan fingerprint density at radius 3 is 2.35 bits per heavy atom. The van der Waals surface area contributed by atoms with Gasteiger partial charge in [-0.05, 0) is 49.1 Å². The van der Waals surface area contributed by atoms with Gasteiger partial charge >= 0.3 is 0 Å². The highest BCUT2D eigenvalue weighted by Crippen LogP contribution is 2.66. The fraction of sp³-hybridized carbons (Fsp3) is 1.00. The van der Waals surface area contributed by atoms with E-state index in [2.05, 4.69) is 39.5 Å². The molecule has 0 aliphatic heterocycles. The van der Waals surface area contributed by atoms with Crippen molar-refractivity contribution in [3.63, 3.8) is 0 Å². The van der Waals surface area contributed by atoms with Gasteiger partial charge in [0.05, 0.1) is 18.8 Å². The second-order valence-corrected chi connectivity index (χ2v) is 7.57. The van der Waals surface area contributed by atoms with Gasteiger partial charge in [0.1, 0.15) is 0 Å². The molecular formula is C17H33NO2. The lowest BCUT2D eigenvalue weighted by Gasteiger charge is -2.39. The minimum atomic E-state index is -0.360. The number of fused-ring (bicyclic) bond motifs is 2. The summed E-state index contributed by atoms with van der Waals surface area (Å²) in [5.74, 6) is 0.803. The monoisotopic (exact) mass is 283 g/mol. The predicted octanol–water partition coefficient (Wildman–Crippen LogP) is 2.92. The standard InChI is InChI=1S/C17H33NO2/c1-6-18(7-2)11-14(19)12-20-15-10-13-8-9-17(15,5)16(13,3)4/h13-15,19H,6-12H2,1-5H3/t13-,14-,15-,17-/m1/s1. The topological polar surface area (TPSA) is 32.7 Å². The molecule has 0 spiro atoms. The van der Waals surface area contributed by atoms with Crippen LogP contribution in [0, 0.1) is 16.7 Å². The van der Waals surface area contributed by atoms with Crippen LogP contribution in [0.5, 0.6) is 0 Å². The molecule has 0 aromatic heterocycles. The molecule has 20 heavy (non-hydrogen) atoms. The molecule has 2 rings (SSSR count). The number of hydrogen-bond donors (Lipinski definition) is 1. The molecule has 2 fully saturated rings. The van der Waals surface area contributed by atoms with Crippen molar-refractivity contribution >= 4 is 0 Å². The third-order valence-corrected chi connectivity index (χ3v) is 6.57. The summed E-state index contributed by atoms with van der Waals surface area (Å²) < 4.78 is 6.15. The quantitative estimate of drug-likeness (QED) is 0.780. The lowest BCUT2D eigenvalue weighted by atomic mass is 9.70. The Hall–Kier alpha value is -0.120. The van der Waals surface area contributed by atoms with E-state index in [0.717, 1.165) is 25.6 Å². The Balaban J connectivity index is 1.84. The molecule has 0 radical (unpaired) electrons. The fourth-order valence-electron chi connectivity index (χ4n) is 4.44. The molecular weight excluding hydrogens is 250 g/mol. The van der Waals surface area contributed by atoms with E-state index in [-0.39, 0.29) is 6.10 Å². The van der Waals surface area contributed by atoms with Crippen molar-refractivity contribution in [2.75, 3.05) is 26.2 Å². The maximum absolute atomic E-state index is 10.2. The van der Waals surface area contributed by atoms with Crippen LogP contribution < -0.4 is 0 Å². The molecule has 4 atom stereocenters. The molecule has 0 aromatic rings. The van der Waals surface area contributed by atoms with E-state index in [9.17, 15) is 5.11 Å². The highest BCUT2D eigenvalue weighted by atomic mass is 16.5.